The molecule has 0 aliphatic heterocycles. The number of nitrogens with one attached hydrogen (secondary N) is 1. The molecule has 1 aliphatic rings. The topological polar surface area (TPSA) is 50.7 Å². The fourth-order valence-electron chi connectivity index (χ4n) is 2.11. The number of methoxy groups -OCH3 is 1. The van der Waals surface area contributed by atoms with E-state index in [0.717, 1.165) is 37.7 Å². The van der Waals surface area contributed by atoms with Gasteiger partial charge >= 0.3 is 0 Å². The van der Waals surface area contributed by atoms with E-state index in [9.17, 15) is 5.11 Å². The molecule has 0 saturated heterocycles. The smallest absolute Gasteiger partial charge is 0.160 e. The van der Waals surface area contributed by atoms with Crippen LogP contribution in [0.2, 0.25) is 0 Å². The monoisotopic (exact) mass is 279 g/mol. The summed E-state index contributed by atoms with van der Waals surface area (Å²) in [5.41, 5.74) is 1.11. The number of ether oxygens (including phenoxy) is 2. The Labute approximate surface area is 121 Å². The molecule has 4 nitrogen and oxygen atoms in total. The minimum absolute atomic E-state index is 0.178. The number of phenolic OH excluding ortho intramolecular Hbond substituents is 1. The maximum absolute atomic E-state index is 9.58. The summed E-state index contributed by atoms with van der Waals surface area (Å²) in [5.74, 6) is 1.53. The molecule has 1 aromatic rings. The van der Waals surface area contributed by atoms with Crippen molar-refractivity contribution in [2.45, 2.75) is 32.2 Å². The number of benzene rings is 1. The molecule has 1 fully saturated rings. The van der Waals surface area contributed by atoms with Crippen molar-refractivity contribution in [1.82, 2.24) is 5.32 Å². The predicted octanol–water partition coefficient (Wildman–Crippen LogP) is 2.87. The van der Waals surface area contributed by atoms with Crippen molar-refractivity contribution in [3.05, 3.63) is 23.8 Å². The van der Waals surface area contributed by atoms with Crippen LogP contribution >= 0.6 is 0 Å². The molecule has 1 aliphatic carbocycles. The van der Waals surface area contributed by atoms with Crippen molar-refractivity contribution in [3.8, 4) is 11.5 Å². The Hall–Kier alpha value is -1.26. The molecule has 0 heterocycles. The van der Waals surface area contributed by atoms with Gasteiger partial charge in [0.1, 0.15) is 0 Å². The predicted molar refractivity (Wildman–Crippen MR) is 79.2 cm³/mol. The van der Waals surface area contributed by atoms with E-state index >= 15 is 0 Å². The van der Waals surface area contributed by atoms with E-state index in [-0.39, 0.29) is 11.8 Å². The fraction of sp³-hybridized carbons (Fsp3) is 0.625. The second-order valence-electron chi connectivity index (χ2n) is 5.48. The van der Waals surface area contributed by atoms with Gasteiger partial charge in [0.15, 0.2) is 11.5 Å². The van der Waals surface area contributed by atoms with Gasteiger partial charge in [0, 0.05) is 19.3 Å². The third-order valence-corrected chi connectivity index (χ3v) is 3.67. The number of hydrogen-bond acceptors (Lipinski definition) is 4. The number of aromatic hydroxyl groups is 1. The van der Waals surface area contributed by atoms with Crippen LogP contribution in [-0.2, 0) is 4.74 Å². The first-order valence-electron chi connectivity index (χ1n) is 7.38. The SMILES string of the molecule is COc1cc(C(C)NCCCOCC2CC2)ccc1O. The molecule has 1 atom stereocenters. The quantitative estimate of drug-likeness (QED) is 0.682. The van der Waals surface area contributed by atoms with E-state index in [1.165, 1.54) is 12.8 Å². The first-order chi connectivity index (χ1) is 9.70. The van der Waals surface area contributed by atoms with Crippen LogP contribution in [0, 0.1) is 5.92 Å². The van der Waals surface area contributed by atoms with E-state index in [2.05, 4.69) is 12.2 Å². The summed E-state index contributed by atoms with van der Waals surface area (Å²) in [6.07, 6.45) is 3.71. The Morgan fingerprint density at radius 3 is 2.90 bits per heavy atom. The average Bonchev–Trinajstić information content (AvgIpc) is 3.27. The highest BCUT2D eigenvalue weighted by atomic mass is 16.5. The van der Waals surface area contributed by atoms with Gasteiger partial charge < -0.3 is 19.9 Å². The summed E-state index contributed by atoms with van der Waals surface area (Å²) >= 11 is 0. The second kappa shape index (κ2) is 7.50. The zero-order chi connectivity index (χ0) is 14.4. The lowest BCUT2D eigenvalue weighted by molar-refractivity contribution is 0.121. The lowest BCUT2D eigenvalue weighted by Crippen LogP contribution is -2.21. The molecule has 1 saturated carbocycles. The van der Waals surface area contributed by atoms with Crippen molar-refractivity contribution in [3.63, 3.8) is 0 Å². The summed E-state index contributed by atoms with van der Waals surface area (Å²) in [6.45, 7) is 4.80. The van der Waals surface area contributed by atoms with E-state index in [1.54, 1.807) is 13.2 Å². The summed E-state index contributed by atoms with van der Waals surface area (Å²) < 4.78 is 10.7. The number of phenols is 1. The Bertz CT molecular complexity index is 418. The minimum atomic E-state index is 0.178. The van der Waals surface area contributed by atoms with Gasteiger partial charge in [0.2, 0.25) is 0 Å². The average molecular weight is 279 g/mol. The summed E-state index contributed by atoms with van der Waals surface area (Å²) in [6, 6.07) is 5.69. The molecule has 20 heavy (non-hydrogen) atoms. The van der Waals surface area contributed by atoms with Crippen LogP contribution < -0.4 is 10.1 Å². The molecule has 2 N–H and O–H groups in total. The van der Waals surface area contributed by atoms with Crippen molar-refractivity contribution in [1.29, 1.82) is 0 Å². The molecule has 0 radical (unpaired) electrons. The van der Waals surface area contributed by atoms with Gasteiger partial charge in [-0.1, -0.05) is 6.07 Å². The molecular formula is C16H25NO3. The third kappa shape index (κ3) is 4.69. The maximum Gasteiger partial charge on any atom is 0.160 e. The minimum Gasteiger partial charge on any atom is -0.504 e. The Balaban J connectivity index is 1.66. The Morgan fingerprint density at radius 2 is 2.20 bits per heavy atom. The van der Waals surface area contributed by atoms with Crippen LogP contribution in [0.3, 0.4) is 0 Å². The van der Waals surface area contributed by atoms with E-state index in [0.29, 0.717) is 5.75 Å². The summed E-state index contributed by atoms with van der Waals surface area (Å²) in [7, 11) is 1.56. The molecule has 0 amide bonds. The largest absolute Gasteiger partial charge is 0.504 e. The van der Waals surface area contributed by atoms with Crippen LogP contribution in [0.15, 0.2) is 18.2 Å². The van der Waals surface area contributed by atoms with Crippen molar-refractivity contribution in [2.75, 3.05) is 26.9 Å². The molecule has 0 aromatic heterocycles. The van der Waals surface area contributed by atoms with E-state index in [1.807, 2.05) is 12.1 Å². The highest BCUT2D eigenvalue weighted by molar-refractivity contribution is 5.42. The highest BCUT2D eigenvalue weighted by Crippen LogP contribution is 2.29. The van der Waals surface area contributed by atoms with Crippen LogP contribution in [0.25, 0.3) is 0 Å². The zero-order valence-corrected chi connectivity index (χ0v) is 12.4. The fourth-order valence-corrected chi connectivity index (χ4v) is 2.11. The van der Waals surface area contributed by atoms with Gasteiger partial charge in [-0.15, -0.1) is 0 Å². The molecule has 0 bridgehead atoms. The normalized spacial score (nSPS) is 16.1. The molecular weight excluding hydrogens is 254 g/mol. The lowest BCUT2D eigenvalue weighted by Gasteiger charge is -2.15. The lowest BCUT2D eigenvalue weighted by atomic mass is 10.1. The Kier molecular flexibility index (Phi) is 5.68. The van der Waals surface area contributed by atoms with Gasteiger partial charge in [0.25, 0.3) is 0 Å². The maximum atomic E-state index is 9.58. The molecule has 1 aromatic carbocycles. The zero-order valence-electron chi connectivity index (χ0n) is 12.4. The number of hydrogen-bond donors (Lipinski definition) is 2. The third-order valence-electron chi connectivity index (χ3n) is 3.67. The summed E-state index contributed by atoms with van der Waals surface area (Å²) in [4.78, 5) is 0. The molecule has 0 spiro atoms. The van der Waals surface area contributed by atoms with E-state index in [4.69, 9.17) is 9.47 Å². The first kappa shape index (κ1) is 15.1. The van der Waals surface area contributed by atoms with Crippen LogP contribution in [0.1, 0.15) is 37.8 Å². The van der Waals surface area contributed by atoms with Crippen LogP contribution in [0.4, 0.5) is 0 Å². The standard InChI is InChI=1S/C16H25NO3/c1-12(14-6-7-15(18)16(10-14)19-2)17-8-3-9-20-11-13-4-5-13/h6-7,10,12-13,17-18H,3-5,8-9,11H2,1-2H3. The van der Waals surface area contributed by atoms with Gasteiger partial charge in [-0.25, -0.2) is 0 Å². The second-order valence-corrected chi connectivity index (χ2v) is 5.48. The number of rotatable bonds is 9. The Morgan fingerprint density at radius 1 is 1.40 bits per heavy atom. The van der Waals surface area contributed by atoms with Crippen LogP contribution in [0.5, 0.6) is 11.5 Å². The summed E-state index contributed by atoms with van der Waals surface area (Å²) in [5, 5.41) is 13.0. The van der Waals surface area contributed by atoms with Crippen molar-refractivity contribution >= 4 is 0 Å². The van der Waals surface area contributed by atoms with E-state index < -0.39 is 0 Å². The van der Waals surface area contributed by atoms with Crippen LogP contribution in [-0.4, -0.2) is 32.0 Å². The highest BCUT2D eigenvalue weighted by Gasteiger charge is 2.20. The van der Waals surface area contributed by atoms with Gasteiger partial charge in [-0.2, -0.15) is 0 Å². The van der Waals surface area contributed by atoms with Crippen molar-refractivity contribution in [2.24, 2.45) is 5.92 Å². The molecule has 2 rings (SSSR count). The molecule has 1 unspecified atom stereocenters. The van der Waals surface area contributed by atoms with Gasteiger partial charge in [-0.05, 0) is 56.3 Å². The van der Waals surface area contributed by atoms with Gasteiger partial charge in [-0.3, -0.25) is 0 Å². The molecule has 112 valence electrons. The molecule has 4 heteroatoms. The van der Waals surface area contributed by atoms with Crippen molar-refractivity contribution < 1.29 is 14.6 Å². The van der Waals surface area contributed by atoms with Gasteiger partial charge in [0.05, 0.1) is 7.11 Å². The first-order valence-corrected chi connectivity index (χ1v) is 7.38.